The molecule has 1 aromatic rings. The highest BCUT2D eigenvalue weighted by Crippen LogP contribution is 2.35. The van der Waals surface area contributed by atoms with Gasteiger partial charge in [0.2, 0.25) is 0 Å². The molecule has 14 heteroatoms. The summed E-state index contributed by atoms with van der Waals surface area (Å²) in [4.78, 5) is 23.0. The van der Waals surface area contributed by atoms with Gasteiger partial charge in [0, 0.05) is 5.57 Å². The van der Waals surface area contributed by atoms with Gasteiger partial charge in [0.1, 0.15) is 13.2 Å². The standard InChI is InChI=1S/C27H42O14/c1-21(2)26(31)40-17-15-38-13-11-36-9-7-34-5-3-33-4-6-35-8-10-37-12-14-39-16-18-41-27(32)22-19-23(28)25(30)24(29)20-22/h19-20,28-30H,1,3-18H2,2H3. The molecule has 234 valence electrons. The van der Waals surface area contributed by atoms with Gasteiger partial charge in [0.25, 0.3) is 0 Å². The first-order valence-electron chi connectivity index (χ1n) is 13.1. The van der Waals surface area contributed by atoms with Crippen molar-refractivity contribution in [1.82, 2.24) is 0 Å². The molecule has 1 aromatic carbocycles. The summed E-state index contributed by atoms with van der Waals surface area (Å²) in [6, 6.07) is 1.98. The Balaban J connectivity index is 1.75. The van der Waals surface area contributed by atoms with Crippen molar-refractivity contribution in [1.29, 1.82) is 0 Å². The van der Waals surface area contributed by atoms with Gasteiger partial charge < -0.3 is 58.0 Å². The molecule has 0 radical (unpaired) electrons. The summed E-state index contributed by atoms with van der Waals surface area (Å²) in [7, 11) is 0. The van der Waals surface area contributed by atoms with Crippen LogP contribution in [0.3, 0.4) is 0 Å². The Morgan fingerprint density at radius 1 is 0.561 bits per heavy atom. The number of hydrogen-bond donors (Lipinski definition) is 3. The van der Waals surface area contributed by atoms with E-state index in [1.165, 1.54) is 0 Å². The summed E-state index contributed by atoms with van der Waals surface area (Å²) < 4.78 is 47.4. The molecule has 1 rings (SSSR count). The number of benzene rings is 1. The molecule has 0 aliphatic rings. The summed E-state index contributed by atoms with van der Waals surface area (Å²) >= 11 is 0. The van der Waals surface area contributed by atoms with E-state index in [1.54, 1.807) is 6.92 Å². The van der Waals surface area contributed by atoms with Crippen molar-refractivity contribution in [3.05, 3.63) is 29.8 Å². The van der Waals surface area contributed by atoms with Gasteiger partial charge >= 0.3 is 11.9 Å². The maximum atomic E-state index is 11.9. The maximum Gasteiger partial charge on any atom is 0.338 e. The van der Waals surface area contributed by atoms with E-state index in [1.807, 2.05) is 0 Å². The maximum absolute atomic E-state index is 11.9. The average molecular weight is 591 g/mol. The van der Waals surface area contributed by atoms with E-state index >= 15 is 0 Å². The van der Waals surface area contributed by atoms with E-state index in [-0.39, 0.29) is 25.4 Å². The molecule has 3 N–H and O–H groups in total. The number of phenols is 3. The smallest absolute Gasteiger partial charge is 0.338 e. The molecule has 0 saturated carbocycles. The third-order valence-electron chi connectivity index (χ3n) is 4.81. The van der Waals surface area contributed by atoms with Gasteiger partial charge in [-0.3, -0.25) is 0 Å². The molecule has 0 heterocycles. The van der Waals surface area contributed by atoms with Crippen molar-refractivity contribution in [3.8, 4) is 17.2 Å². The molecule has 41 heavy (non-hydrogen) atoms. The number of ether oxygens (including phenoxy) is 9. The Hall–Kier alpha value is -2.98. The Morgan fingerprint density at radius 3 is 1.17 bits per heavy atom. The van der Waals surface area contributed by atoms with E-state index in [2.05, 4.69) is 6.58 Å². The topological polar surface area (TPSA) is 178 Å². The van der Waals surface area contributed by atoms with Gasteiger partial charge in [-0.2, -0.15) is 0 Å². The molecule has 0 fully saturated rings. The molecular weight excluding hydrogens is 548 g/mol. The molecule has 0 aliphatic heterocycles. The highest BCUT2D eigenvalue weighted by Gasteiger charge is 2.14. The zero-order chi connectivity index (χ0) is 30.1. The van der Waals surface area contributed by atoms with Crippen LogP contribution in [0.4, 0.5) is 0 Å². The molecule has 14 nitrogen and oxygen atoms in total. The lowest BCUT2D eigenvalue weighted by Gasteiger charge is -2.09. The fraction of sp³-hybridized carbons (Fsp3) is 0.630. The quantitative estimate of drug-likeness (QED) is 0.0606. The SMILES string of the molecule is C=C(C)C(=O)OCCOCCOCCOCCOCCOCCOCCOCCOC(=O)c1cc(O)c(O)c(O)c1. The van der Waals surface area contributed by atoms with E-state index in [4.69, 9.17) is 42.6 Å². The second-order valence-electron chi connectivity index (χ2n) is 8.20. The van der Waals surface area contributed by atoms with Gasteiger partial charge in [0.15, 0.2) is 17.2 Å². The first-order valence-corrected chi connectivity index (χ1v) is 13.1. The first kappa shape index (κ1) is 36.0. The normalized spacial score (nSPS) is 11.0. The van der Waals surface area contributed by atoms with Crippen LogP contribution >= 0.6 is 0 Å². The predicted molar refractivity (Wildman–Crippen MR) is 143 cm³/mol. The number of rotatable bonds is 26. The second-order valence-corrected chi connectivity index (χ2v) is 8.20. The van der Waals surface area contributed by atoms with Crippen LogP contribution in [0.5, 0.6) is 17.2 Å². The van der Waals surface area contributed by atoms with Crippen molar-refractivity contribution in [3.63, 3.8) is 0 Å². The van der Waals surface area contributed by atoms with Gasteiger partial charge in [-0.15, -0.1) is 0 Å². The molecule has 0 amide bonds. The van der Waals surface area contributed by atoms with Crippen molar-refractivity contribution >= 4 is 11.9 Å². The highest BCUT2D eigenvalue weighted by molar-refractivity contribution is 5.91. The Morgan fingerprint density at radius 2 is 0.854 bits per heavy atom. The summed E-state index contributed by atoms with van der Waals surface area (Å²) in [6.07, 6.45) is 0. The minimum atomic E-state index is -0.772. The van der Waals surface area contributed by atoms with E-state index in [0.29, 0.717) is 91.5 Å². The summed E-state index contributed by atoms with van der Waals surface area (Å²) in [6.45, 7) is 10.6. The van der Waals surface area contributed by atoms with Gasteiger partial charge in [0.05, 0.1) is 98.1 Å². The molecule has 0 saturated heterocycles. The van der Waals surface area contributed by atoms with Crippen LogP contribution in [0.1, 0.15) is 17.3 Å². The Kier molecular flexibility index (Phi) is 20.8. The van der Waals surface area contributed by atoms with E-state index in [0.717, 1.165) is 12.1 Å². The highest BCUT2D eigenvalue weighted by atomic mass is 16.6. The van der Waals surface area contributed by atoms with Gasteiger partial charge in [-0.25, -0.2) is 9.59 Å². The average Bonchev–Trinajstić information content (AvgIpc) is 2.95. The van der Waals surface area contributed by atoms with Crippen LogP contribution in [0.2, 0.25) is 0 Å². The summed E-state index contributed by atoms with van der Waals surface area (Å²) in [5.74, 6) is -3.15. The largest absolute Gasteiger partial charge is 0.504 e. The number of aromatic hydroxyl groups is 3. The third-order valence-corrected chi connectivity index (χ3v) is 4.81. The van der Waals surface area contributed by atoms with E-state index in [9.17, 15) is 24.9 Å². The lowest BCUT2D eigenvalue weighted by Crippen LogP contribution is -2.15. The summed E-state index contributed by atoms with van der Waals surface area (Å²) in [5, 5.41) is 28.1. The van der Waals surface area contributed by atoms with Crippen LogP contribution in [0.25, 0.3) is 0 Å². The molecule has 0 aromatic heterocycles. The molecule has 0 unspecified atom stereocenters. The fourth-order valence-electron chi connectivity index (χ4n) is 2.74. The lowest BCUT2D eigenvalue weighted by atomic mass is 10.2. The molecule has 0 atom stereocenters. The van der Waals surface area contributed by atoms with Crippen molar-refractivity contribution in [2.24, 2.45) is 0 Å². The number of phenolic OH excluding ortho intramolecular Hbond substituents is 3. The number of esters is 2. The number of hydrogen-bond acceptors (Lipinski definition) is 14. The van der Waals surface area contributed by atoms with Crippen molar-refractivity contribution in [2.75, 3.05) is 106 Å². The van der Waals surface area contributed by atoms with Crippen molar-refractivity contribution < 1.29 is 67.5 Å². The minimum absolute atomic E-state index is 0.0302. The fourth-order valence-corrected chi connectivity index (χ4v) is 2.74. The van der Waals surface area contributed by atoms with Crippen LogP contribution in [0, 0.1) is 0 Å². The molecule has 0 bridgehead atoms. The monoisotopic (exact) mass is 590 g/mol. The zero-order valence-corrected chi connectivity index (χ0v) is 23.5. The van der Waals surface area contributed by atoms with Crippen LogP contribution < -0.4 is 0 Å². The van der Waals surface area contributed by atoms with Crippen molar-refractivity contribution in [2.45, 2.75) is 6.92 Å². The first-order chi connectivity index (χ1) is 19.8. The zero-order valence-electron chi connectivity index (χ0n) is 23.5. The van der Waals surface area contributed by atoms with Gasteiger partial charge in [-0.05, 0) is 19.1 Å². The number of carbonyl (C=O) groups excluding carboxylic acids is 2. The van der Waals surface area contributed by atoms with Crippen LogP contribution in [-0.4, -0.2) is 133 Å². The second kappa shape index (κ2) is 23.7. The Bertz CT molecular complexity index is 853. The van der Waals surface area contributed by atoms with Crippen LogP contribution in [0.15, 0.2) is 24.3 Å². The van der Waals surface area contributed by atoms with Crippen LogP contribution in [-0.2, 0) is 47.4 Å². The van der Waals surface area contributed by atoms with E-state index < -0.39 is 29.2 Å². The number of carbonyl (C=O) groups is 2. The van der Waals surface area contributed by atoms with Gasteiger partial charge in [-0.1, -0.05) is 6.58 Å². The predicted octanol–water partition coefficient (Wildman–Crippen LogP) is 1.20. The Labute approximate surface area is 239 Å². The summed E-state index contributed by atoms with van der Waals surface area (Å²) in [5.41, 5.74) is 0.257. The lowest BCUT2D eigenvalue weighted by molar-refractivity contribution is -0.140. The molecule has 0 aliphatic carbocycles. The molecular formula is C27H42O14. The third kappa shape index (κ3) is 18.9. The minimum Gasteiger partial charge on any atom is -0.504 e. The molecule has 0 spiro atoms.